The Labute approximate surface area is 172 Å². The van der Waals surface area contributed by atoms with Crippen LogP contribution < -0.4 is 19.1 Å². The van der Waals surface area contributed by atoms with E-state index in [2.05, 4.69) is 5.32 Å². The van der Waals surface area contributed by atoms with Crippen LogP contribution in [-0.4, -0.2) is 46.4 Å². The van der Waals surface area contributed by atoms with Gasteiger partial charge < -0.3 is 14.8 Å². The Morgan fingerprint density at radius 3 is 2.34 bits per heavy atom. The molecule has 0 radical (unpaired) electrons. The molecule has 0 saturated carbocycles. The van der Waals surface area contributed by atoms with E-state index >= 15 is 0 Å². The molecule has 1 N–H and O–H groups in total. The van der Waals surface area contributed by atoms with Crippen molar-refractivity contribution >= 4 is 21.6 Å². The number of amides is 1. The topological polar surface area (TPSA) is 84.9 Å². The molecule has 158 valence electrons. The summed E-state index contributed by atoms with van der Waals surface area (Å²) in [5.41, 5.74) is 1.49. The second kappa shape index (κ2) is 9.65. The third-order valence-corrected chi connectivity index (χ3v) is 5.55. The van der Waals surface area contributed by atoms with E-state index in [0.717, 1.165) is 16.1 Å². The number of nitrogens with zero attached hydrogens (tertiary/aromatic N) is 1. The van der Waals surface area contributed by atoms with Crippen LogP contribution in [0.5, 0.6) is 11.5 Å². The molecule has 0 heterocycles. The normalized spacial score (nSPS) is 13.3. The molecule has 0 spiro atoms. The van der Waals surface area contributed by atoms with E-state index in [1.807, 2.05) is 31.2 Å². The fourth-order valence-corrected chi connectivity index (χ4v) is 3.98. The summed E-state index contributed by atoms with van der Waals surface area (Å²) >= 11 is 0. The number of nitrogens with one attached hydrogen (secondary N) is 1. The van der Waals surface area contributed by atoms with Crippen LogP contribution in [0.15, 0.2) is 48.5 Å². The largest absolute Gasteiger partial charge is 0.497 e. The molecule has 0 aliphatic rings. The van der Waals surface area contributed by atoms with Gasteiger partial charge in [0.2, 0.25) is 15.9 Å². The van der Waals surface area contributed by atoms with Crippen LogP contribution >= 0.6 is 0 Å². The maximum absolute atomic E-state index is 12.7. The number of hydrogen-bond acceptors (Lipinski definition) is 5. The first-order valence-electron chi connectivity index (χ1n) is 9.25. The molecule has 29 heavy (non-hydrogen) atoms. The van der Waals surface area contributed by atoms with Crippen molar-refractivity contribution in [1.29, 1.82) is 0 Å². The summed E-state index contributed by atoms with van der Waals surface area (Å²) in [4.78, 5) is 12.7. The first kappa shape index (κ1) is 22.5. The van der Waals surface area contributed by atoms with Gasteiger partial charge in [-0.1, -0.05) is 23.8 Å². The fourth-order valence-electron chi connectivity index (χ4n) is 2.82. The van der Waals surface area contributed by atoms with Crippen LogP contribution in [0.25, 0.3) is 0 Å². The van der Waals surface area contributed by atoms with E-state index in [9.17, 15) is 13.2 Å². The van der Waals surface area contributed by atoms with Crippen molar-refractivity contribution in [3.8, 4) is 11.5 Å². The van der Waals surface area contributed by atoms with E-state index in [1.165, 1.54) is 7.11 Å². The maximum atomic E-state index is 12.7. The Kier molecular flexibility index (Phi) is 7.50. The van der Waals surface area contributed by atoms with Gasteiger partial charge in [0.1, 0.15) is 24.1 Å². The van der Waals surface area contributed by atoms with Gasteiger partial charge in [0.05, 0.1) is 25.1 Å². The fraction of sp³-hybridized carbons (Fsp3) is 0.381. The molecule has 0 unspecified atom stereocenters. The van der Waals surface area contributed by atoms with Gasteiger partial charge in [-0.05, 0) is 45.0 Å². The van der Waals surface area contributed by atoms with Gasteiger partial charge in [-0.15, -0.1) is 0 Å². The third kappa shape index (κ3) is 6.39. The van der Waals surface area contributed by atoms with Crippen LogP contribution in [0.2, 0.25) is 0 Å². The van der Waals surface area contributed by atoms with E-state index in [-0.39, 0.29) is 12.6 Å². The highest BCUT2D eigenvalue weighted by atomic mass is 32.2. The predicted octanol–water partition coefficient (Wildman–Crippen LogP) is 2.74. The van der Waals surface area contributed by atoms with E-state index in [0.29, 0.717) is 17.2 Å². The number of benzene rings is 2. The highest BCUT2D eigenvalue weighted by molar-refractivity contribution is 7.92. The number of ether oxygens (including phenoxy) is 2. The lowest BCUT2D eigenvalue weighted by Gasteiger charge is -2.29. The van der Waals surface area contributed by atoms with Gasteiger partial charge in [-0.3, -0.25) is 9.10 Å². The number of hydrogen-bond donors (Lipinski definition) is 1. The monoisotopic (exact) mass is 420 g/mol. The Balaban J connectivity index is 2.07. The molecule has 0 bridgehead atoms. The zero-order valence-corrected chi connectivity index (χ0v) is 18.2. The van der Waals surface area contributed by atoms with Crippen LogP contribution in [-0.2, 0) is 14.8 Å². The van der Waals surface area contributed by atoms with E-state index in [4.69, 9.17) is 9.47 Å². The molecule has 1 amide bonds. The number of anilines is 1. The third-order valence-electron chi connectivity index (χ3n) is 4.31. The molecule has 2 aromatic carbocycles. The molecule has 0 fully saturated rings. The molecule has 2 aromatic rings. The molecule has 7 nitrogen and oxygen atoms in total. The Morgan fingerprint density at radius 2 is 1.76 bits per heavy atom. The van der Waals surface area contributed by atoms with Crippen molar-refractivity contribution in [2.45, 2.75) is 32.9 Å². The van der Waals surface area contributed by atoms with Crippen molar-refractivity contribution in [2.75, 3.05) is 24.3 Å². The summed E-state index contributed by atoms with van der Waals surface area (Å²) in [5.74, 6) is 0.792. The van der Waals surface area contributed by atoms with Crippen molar-refractivity contribution in [2.24, 2.45) is 0 Å². The lowest BCUT2D eigenvalue weighted by molar-refractivity contribution is -0.122. The number of aryl methyl sites for hydroxylation is 1. The molecular formula is C21H28N2O5S. The molecule has 0 aliphatic heterocycles. The number of carbonyl (C=O) groups excluding carboxylic acids is 1. The lowest BCUT2D eigenvalue weighted by atomic mass is 10.2. The molecule has 0 saturated heterocycles. The van der Waals surface area contributed by atoms with Gasteiger partial charge >= 0.3 is 0 Å². The summed E-state index contributed by atoms with van der Waals surface area (Å²) < 4.78 is 36.7. The minimum atomic E-state index is -3.70. The zero-order chi connectivity index (χ0) is 21.6. The second-order valence-corrected chi connectivity index (χ2v) is 8.83. The number of sulfonamides is 1. The first-order chi connectivity index (χ1) is 13.6. The smallest absolute Gasteiger partial charge is 0.243 e. The molecule has 0 aliphatic carbocycles. The average Bonchev–Trinajstić information content (AvgIpc) is 2.66. The summed E-state index contributed by atoms with van der Waals surface area (Å²) in [5, 5.41) is 2.81. The van der Waals surface area contributed by atoms with Crippen molar-refractivity contribution in [3.05, 3.63) is 54.1 Å². The highest BCUT2D eigenvalue weighted by Crippen LogP contribution is 2.25. The van der Waals surface area contributed by atoms with Gasteiger partial charge in [-0.25, -0.2) is 8.42 Å². The minimum Gasteiger partial charge on any atom is -0.497 e. The molecule has 2 rings (SSSR count). The van der Waals surface area contributed by atoms with Crippen LogP contribution in [0.1, 0.15) is 19.4 Å². The lowest BCUT2D eigenvalue weighted by Crippen LogP contribution is -2.50. The number of methoxy groups -OCH3 is 1. The summed E-state index contributed by atoms with van der Waals surface area (Å²) in [6, 6.07) is 12.9. The average molecular weight is 421 g/mol. The summed E-state index contributed by atoms with van der Waals surface area (Å²) in [6.07, 6.45) is 1.07. The SMILES string of the molecule is COc1cccc(N([C@H](C)C(=O)N[C@H](C)COc2ccc(C)cc2)S(C)(=O)=O)c1. The predicted molar refractivity (Wildman–Crippen MR) is 114 cm³/mol. The summed E-state index contributed by atoms with van der Waals surface area (Å²) in [6.45, 7) is 5.60. The van der Waals surface area contributed by atoms with Crippen LogP contribution in [0.3, 0.4) is 0 Å². The quantitative estimate of drug-likeness (QED) is 0.674. The summed E-state index contributed by atoms with van der Waals surface area (Å²) in [7, 11) is -2.20. The Hall–Kier alpha value is -2.74. The molecule has 2 atom stereocenters. The number of rotatable bonds is 9. The Morgan fingerprint density at radius 1 is 1.10 bits per heavy atom. The maximum Gasteiger partial charge on any atom is 0.243 e. The van der Waals surface area contributed by atoms with E-state index < -0.39 is 22.0 Å². The molecule has 8 heteroatoms. The zero-order valence-electron chi connectivity index (χ0n) is 17.4. The first-order valence-corrected chi connectivity index (χ1v) is 11.1. The van der Waals surface area contributed by atoms with Gasteiger partial charge in [0.15, 0.2) is 0 Å². The highest BCUT2D eigenvalue weighted by Gasteiger charge is 2.30. The van der Waals surface area contributed by atoms with Crippen LogP contribution in [0.4, 0.5) is 5.69 Å². The van der Waals surface area contributed by atoms with Gasteiger partial charge in [0, 0.05) is 6.07 Å². The molecule has 0 aromatic heterocycles. The van der Waals surface area contributed by atoms with Crippen molar-refractivity contribution in [3.63, 3.8) is 0 Å². The number of carbonyl (C=O) groups is 1. The van der Waals surface area contributed by atoms with Crippen molar-refractivity contribution in [1.82, 2.24) is 5.32 Å². The van der Waals surface area contributed by atoms with Gasteiger partial charge in [-0.2, -0.15) is 0 Å². The van der Waals surface area contributed by atoms with Crippen LogP contribution in [0, 0.1) is 6.92 Å². The second-order valence-electron chi connectivity index (χ2n) is 6.97. The van der Waals surface area contributed by atoms with Crippen molar-refractivity contribution < 1.29 is 22.7 Å². The minimum absolute atomic E-state index is 0.263. The van der Waals surface area contributed by atoms with E-state index in [1.54, 1.807) is 38.1 Å². The Bertz CT molecular complexity index is 928. The van der Waals surface area contributed by atoms with Gasteiger partial charge in [0.25, 0.3) is 0 Å². The standard InChI is InChI=1S/C21H28N2O5S/c1-15-9-11-19(12-10-15)28-14-16(2)22-21(24)17(3)23(29(5,25)26)18-7-6-8-20(13-18)27-4/h6-13,16-17H,14H2,1-5H3,(H,22,24)/t16-,17-/m1/s1. The molecular weight excluding hydrogens is 392 g/mol.